The van der Waals surface area contributed by atoms with Gasteiger partial charge in [-0.05, 0) is 37.7 Å². The first-order valence-corrected chi connectivity index (χ1v) is 6.90. The Bertz CT molecular complexity index is 490. The maximum atomic E-state index is 3.27. The van der Waals surface area contributed by atoms with Gasteiger partial charge in [-0.3, -0.25) is 0 Å². The molecular formula is C14H20N2S. The second kappa shape index (κ2) is 5.63. The Hall–Kier alpha value is -0.900. The maximum absolute atomic E-state index is 3.27. The smallest absolute Gasteiger partial charge is 0.0349 e. The SMILES string of the molecule is CCN(C)Cc1c(CNC)sc2ccccc12. The molecule has 0 saturated carbocycles. The molecule has 0 amide bonds. The van der Waals surface area contributed by atoms with Crippen molar-refractivity contribution >= 4 is 21.4 Å². The summed E-state index contributed by atoms with van der Waals surface area (Å²) in [5.74, 6) is 0. The average Bonchev–Trinajstić information content (AvgIpc) is 2.68. The lowest BCUT2D eigenvalue weighted by Crippen LogP contribution is -2.18. The van der Waals surface area contributed by atoms with E-state index < -0.39 is 0 Å². The van der Waals surface area contributed by atoms with Gasteiger partial charge in [0.15, 0.2) is 0 Å². The van der Waals surface area contributed by atoms with E-state index in [0.717, 1.165) is 19.6 Å². The fraction of sp³-hybridized carbons (Fsp3) is 0.429. The highest BCUT2D eigenvalue weighted by Crippen LogP contribution is 2.31. The van der Waals surface area contributed by atoms with Gasteiger partial charge in [-0.15, -0.1) is 11.3 Å². The number of benzene rings is 1. The summed E-state index contributed by atoms with van der Waals surface area (Å²) in [6, 6.07) is 8.71. The van der Waals surface area contributed by atoms with Crippen LogP contribution in [0.25, 0.3) is 10.1 Å². The van der Waals surface area contributed by atoms with Crippen LogP contribution in [0.3, 0.4) is 0 Å². The minimum absolute atomic E-state index is 0.965. The summed E-state index contributed by atoms with van der Waals surface area (Å²) in [7, 11) is 4.19. The minimum atomic E-state index is 0.965. The Morgan fingerprint density at radius 1 is 1.29 bits per heavy atom. The topological polar surface area (TPSA) is 15.3 Å². The molecule has 0 unspecified atom stereocenters. The molecular weight excluding hydrogens is 228 g/mol. The fourth-order valence-electron chi connectivity index (χ4n) is 2.01. The monoisotopic (exact) mass is 248 g/mol. The third-order valence-corrected chi connectivity index (χ3v) is 4.30. The zero-order valence-corrected chi connectivity index (χ0v) is 11.6. The number of hydrogen-bond acceptors (Lipinski definition) is 3. The zero-order chi connectivity index (χ0) is 12.3. The van der Waals surface area contributed by atoms with E-state index in [4.69, 9.17) is 0 Å². The molecule has 0 bridgehead atoms. The van der Waals surface area contributed by atoms with Gasteiger partial charge in [-0.1, -0.05) is 25.1 Å². The van der Waals surface area contributed by atoms with Crippen LogP contribution >= 0.6 is 11.3 Å². The second-order valence-electron chi connectivity index (χ2n) is 4.36. The summed E-state index contributed by atoms with van der Waals surface area (Å²) in [5.41, 5.74) is 1.49. The first kappa shape index (κ1) is 12.6. The molecule has 3 heteroatoms. The average molecular weight is 248 g/mol. The number of nitrogens with zero attached hydrogens (tertiary/aromatic N) is 1. The van der Waals surface area contributed by atoms with Crippen LogP contribution in [0, 0.1) is 0 Å². The lowest BCUT2D eigenvalue weighted by Gasteiger charge is -2.14. The summed E-state index contributed by atoms with van der Waals surface area (Å²) in [4.78, 5) is 3.82. The van der Waals surface area contributed by atoms with Crippen molar-refractivity contribution in [3.05, 3.63) is 34.7 Å². The van der Waals surface area contributed by atoms with Crippen LogP contribution in [0.15, 0.2) is 24.3 Å². The Morgan fingerprint density at radius 3 is 2.76 bits per heavy atom. The van der Waals surface area contributed by atoms with Crippen LogP contribution in [0.1, 0.15) is 17.4 Å². The van der Waals surface area contributed by atoms with E-state index in [1.165, 1.54) is 20.5 Å². The molecule has 2 aromatic rings. The summed E-state index contributed by atoms with van der Waals surface area (Å²) in [5, 5.41) is 4.69. The van der Waals surface area contributed by atoms with Gasteiger partial charge in [0, 0.05) is 22.7 Å². The van der Waals surface area contributed by atoms with Gasteiger partial charge in [0.25, 0.3) is 0 Å². The van der Waals surface area contributed by atoms with Crippen molar-refractivity contribution in [1.29, 1.82) is 0 Å². The van der Waals surface area contributed by atoms with E-state index in [9.17, 15) is 0 Å². The predicted octanol–water partition coefficient (Wildman–Crippen LogP) is 3.07. The molecule has 2 nitrogen and oxygen atoms in total. The summed E-state index contributed by atoms with van der Waals surface area (Å²) in [6.07, 6.45) is 0. The predicted molar refractivity (Wildman–Crippen MR) is 76.6 cm³/mol. The zero-order valence-electron chi connectivity index (χ0n) is 10.8. The first-order valence-electron chi connectivity index (χ1n) is 6.08. The van der Waals surface area contributed by atoms with Crippen LogP contribution in [-0.2, 0) is 13.1 Å². The molecule has 2 rings (SSSR count). The molecule has 0 saturated heterocycles. The fourth-order valence-corrected chi connectivity index (χ4v) is 3.24. The molecule has 0 aliphatic carbocycles. The molecule has 1 aromatic carbocycles. The number of nitrogens with one attached hydrogen (secondary N) is 1. The molecule has 0 aliphatic rings. The lowest BCUT2D eigenvalue weighted by molar-refractivity contribution is 0.346. The molecule has 0 radical (unpaired) electrons. The quantitative estimate of drug-likeness (QED) is 0.875. The van der Waals surface area contributed by atoms with E-state index in [-0.39, 0.29) is 0 Å². The lowest BCUT2D eigenvalue weighted by atomic mass is 10.1. The van der Waals surface area contributed by atoms with Crippen LogP contribution in [0.5, 0.6) is 0 Å². The molecule has 1 heterocycles. The normalized spacial score (nSPS) is 11.5. The number of hydrogen-bond donors (Lipinski definition) is 1. The van der Waals surface area contributed by atoms with Gasteiger partial charge in [-0.2, -0.15) is 0 Å². The van der Waals surface area contributed by atoms with Crippen molar-refractivity contribution < 1.29 is 0 Å². The standard InChI is InChI=1S/C14H20N2S/c1-4-16(3)10-12-11-7-5-6-8-13(11)17-14(12)9-15-2/h5-8,15H,4,9-10H2,1-3H3. The second-order valence-corrected chi connectivity index (χ2v) is 5.50. The Labute approximate surface area is 107 Å². The number of thiophene rings is 1. The Balaban J connectivity index is 2.44. The van der Waals surface area contributed by atoms with Crippen LogP contribution in [0.2, 0.25) is 0 Å². The van der Waals surface area contributed by atoms with Crippen molar-refractivity contribution in [3.8, 4) is 0 Å². The van der Waals surface area contributed by atoms with E-state index in [2.05, 4.69) is 48.5 Å². The molecule has 0 atom stereocenters. The Morgan fingerprint density at radius 2 is 2.06 bits per heavy atom. The van der Waals surface area contributed by atoms with Gasteiger partial charge >= 0.3 is 0 Å². The van der Waals surface area contributed by atoms with Crippen molar-refractivity contribution in [2.45, 2.75) is 20.0 Å². The van der Waals surface area contributed by atoms with Gasteiger partial charge < -0.3 is 10.2 Å². The number of fused-ring (bicyclic) bond motifs is 1. The van der Waals surface area contributed by atoms with Gasteiger partial charge in [0.2, 0.25) is 0 Å². The van der Waals surface area contributed by atoms with Crippen LogP contribution in [-0.4, -0.2) is 25.5 Å². The highest BCUT2D eigenvalue weighted by molar-refractivity contribution is 7.19. The van der Waals surface area contributed by atoms with Crippen molar-refractivity contribution in [1.82, 2.24) is 10.2 Å². The van der Waals surface area contributed by atoms with Crippen molar-refractivity contribution in [3.63, 3.8) is 0 Å². The maximum Gasteiger partial charge on any atom is 0.0349 e. The molecule has 0 fully saturated rings. The van der Waals surface area contributed by atoms with Crippen LogP contribution < -0.4 is 5.32 Å². The molecule has 0 spiro atoms. The Kier molecular flexibility index (Phi) is 4.15. The van der Waals surface area contributed by atoms with Gasteiger partial charge in [0.1, 0.15) is 0 Å². The highest BCUT2D eigenvalue weighted by atomic mass is 32.1. The molecule has 1 N–H and O–H groups in total. The molecule has 17 heavy (non-hydrogen) atoms. The van der Waals surface area contributed by atoms with E-state index in [1.54, 1.807) is 0 Å². The molecule has 1 aromatic heterocycles. The largest absolute Gasteiger partial charge is 0.315 e. The third-order valence-electron chi connectivity index (χ3n) is 3.09. The van der Waals surface area contributed by atoms with Crippen LogP contribution in [0.4, 0.5) is 0 Å². The molecule has 92 valence electrons. The van der Waals surface area contributed by atoms with Crippen molar-refractivity contribution in [2.75, 3.05) is 20.6 Å². The van der Waals surface area contributed by atoms with E-state index in [0.29, 0.717) is 0 Å². The highest BCUT2D eigenvalue weighted by Gasteiger charge is 2.12. The van der Waals surface area contributed by atoms with Crippen molar-refractivity contribution in [2.24, 2.45) is 0 Å². The molecule has 0 aliphatic heterocycles. The van der Waals surface area contributed by atoms with Gasteiger partial charge in [-0.25, -0.2) is 0 Å². The summed E-state index contributed by atoms with van der Waals surface area (Å²) in [6.45, 7) is 5.29. The third kappa shape index (κ3) is 2.68. The van der Waals surface area contributed by atoms with Gasteiger partial charge in [0.05, 0.1) is 0 Å². The van der Waals surface area contributed by atoms with E-state index in [1.807, 2.05) is 18.4 Å². The number of rotatable bonds is 5. The van der Waals surface area contributed by atoms with E-state index >= 15 is 0 Å². The summed E-state index contributed by atoms with van der Waals surface area (Å²) >= 11 is 1.91. The first-order chi connectivity index (χ1) is 8.26. The minimum Gasteiger partial charge on any atom is -0.315 e. The summed E-state index contributed by atoms with van der Waals surface area (Å²) < 4.78 is 1.40.